The summed E-state index contributed by atoms with van der Waals surface area (Å²) < 4.78 is 1.55. The molecule has 2 heterocycles. The van der Waals surface area contributed by atoms with E-state index in [4.69, 9.17) is 16.7 Å². The van der Waals surface area contributed by atoms with E-state index in [2.05, 4.69) is 10.1 Å². The normalized spacial score (nSPS) is 10.7. The summed E-state index contributed by atoms with van der Waals surface area (Å²) in [7, 11) is 1.72. The first-order valence-electron chi connectivity index (χ1n) is 4.57. The molecule has 0 aliphatic heterocycles. The Morgan fingerprint density at radius 3 is 3.06 bits per heavy atom. The van der Waals surface area contributed by atoms with Gasteiger partial charge in [0.2, 0.25) is 0 Å². The third-order valence-electron chi connectivity index (χ3n) is 1.87. The van der Waals surface area contributed by atoms with E-state index < -0.39 is 5.97 Å². The minimum absolute atomic E-state index is 0.0376. The van der Waals surface area contributed by atoms with Gasteiger partial charge in [0.25, 0.3) is 0 Å². The topological polar surface area (TPSA) is 68.0 Å². The molecular weight excluding hydrogens is 282 g/mol. The minimum atomic E-state index is -0.881. The van der Waals surface area contributed by atoms with E-state index in [1.165, 1.54) is 11.3 Å². The van der Waals surface area contributed by atoms with Crippen LogP contribution in [0.4, 0.5) is 0 Å². The van der Waals surface area contributed by atoms with Crippen LogP contribution in [-0.4, -0.2) is 31.6 Å². The summed E-state index contributed by atoms with van der Waals surface area (Å²) in [5.74, 6) is -0.390. The Balaban J connectivity index is 2.24. The molecule has 0 unspecified atom stereocenters. The van der Waals surface area contributed by atoms with E-state index in [-0.39, 0.29) is 5.75 Å². The van der Waals surface area contributed by atoms with Crippen molar-refractivity contribution in [2.45, 2.75) is 5.16 Å². The Kier molecular flexibility index (Phi) is 3.70. The molecule has 0 atom stereocenters. The summed E-state index contributed by atoms with van der Waals surface area (Å²) in [4.78, 5) is 15.5. The number of rotatable bonds is 4. The van der Waals surface area contributed by atoms with Gasteiger partial charge in [-0.15, -0.1) is 16.4 Å². The lowest BCUT2D eigenvalue weighted by molar-refractivity contribution is -0.133. The molecule has 0 spiro atoms. The largest absolute Gasteiger partial charge is 0.481 e. The molecule has 0 saturated carbocycles. The molecule has 17 heavy (non-hydrogen) atoms. The average Bonchev–Trinajstić information content (AvgIpc) is 2.82. The molecule has 0 aliphatic carbocycles. The smallest absolute Gasteiger partial charge is 0.313 e. The number of hydrogen-bond donors (Lipinski definition) is 1. The number of aliphatic carboxylic acids is 1. The van der Waals surface area contributed by atoms with Crippen LogP contribution >= 0.6 is 34.7 Å². The fraction of sp³-hybridized carbons (Fsp3) is 0.222. The summed E-state index contributed by atoms with van der Waals surface area (Å²) in [6, 6.07) is 1.78. The third-order valence-corrected chi connectivity index (χ3v) is 4.21. The molecular formula is C9H8ClN3O2S2. The first-order chi connectivity index (χ1) is 8.08. The van der Waals surface area contributed by atoms with Crippen molar-refractivity contribution in [3.63, 3.8) is 0 Å². The molecule has 0 aromatic carbocycles. The molecule has 0 radical (unpaired) electrons. The standard InChI is InChI=1S/C9H8ClN3O2S2/c1-13-9(17-4-6(14)15)11-8(12-13)7-5(10)2-3-16-7/h2-3H,4H2,1H3,(H,14,15). The number of hydrogen-bond acceptors (Lipinski definition) is 5. The van der Waals surface area contributed by atoms with Crippen molar-refractivity contribution in [1.29, 1.82) is 0 Å². The summed E-state index contributed by atoms with van der Waals surface area (Å²) in [6.07, 6.45) is 0. The monoisotopic (exact) mass is 289 g/mol. The van der Waals surface area contributed by atoms with Crippen LogP contribution in [0, 0.1) is 0 Å². The molecule has 2 aromatic heterocycles. The predicted molar refractivity (Wildman–Crippen MR) is 67.7 cm³/mol. The predicted octanol–water partition coefficient (Wildman–Crippen LogP) is 2.37. The Morgan fingerprint density at radius 1 is 1.71 bits per heavy atom. The van der Waals surface area contributed by atoms with Crippen molar-refractivity contribution in [3.05, 3.63) is 16.5 Å². The first-order valence-corrected chi connectivity index (χ1v) is 6.81. The average molecular weight is 290 g/mol. The maximum Gasteiger partial charge on any atom is 0.313 e. The van der Waals surface area contributed by atoms with Gasteiger partial charge in [0.15, 0.2) is 11.0 Å². The van der Waals surface area contributed by atoms with Crippen molar-refractivity contribution < 1.29 is 9.90 Å². The van der Waals surface area contributed by atoms with Crippen molar-refractivity contribution in [2.24, 2.45) is 7.05 Å². The van der Waals surface area contributed by atoms with Gasteiger partial charge in [-0.25, -0.2) is 4.68 Å². The van der Waals surface area contributed by atoms with Crippen LogP contribution in [0.1, 0.15) is 0 Å². The zero-order valence-corrected chi connectivity index (χ0v) is 11.1. The number of aromatic nitrogens is 3. The van der Waals surface area contributed by atoms with Crippen LogP contribution in [0.5, 0.6) is 0 Å². The van der Waals surface area contributed by atoms with E-state index in [9.17, 15) is 4.79 Å². The number of nitrogens with zero attached hydrogens (tertiary/aromatic N) is 3. The van der Waals surface area contributed by atoms with Gasteiger partial charge >= 0.3 is 5.97 Å². The number of thioether (sulfide) groups is 1. The number of halogens is 1. The highest BCUT2D eigenvalue weighted by molar-refractivity contribution is 7.99. The second-order valence-electron chi connectivity index (χ2n) is 3.12. The van der Waals surface area contributed by atoms with Crippen molar-refractivity contribution in [3.8, 4) is 10.7 Å². The van der Waals surface area contributed by atoms with E-state index >= 15 is 0 Å². The second-order valence-corrected chi connectivity index (χ2v) is 5.39. The zero-order chi connectivity index (χ0) is 12.4. The summed E-state index contributed by atoms with van der Waals surface area (Å²) in [6.45, 7) is 0. The highest BCUT2D eigenvalue weighted by Gasteiger charge is 2.14. The Bertz CT molecular complexity index is 552. The fourth-order valence-electron chi connectivity index (χ4n) is 1.17. The van der Waals surface area contributed by atoms with Crippen LogP contribution in [0.25, 0.3) is 10.7 Å². The number of thiophene rings is 1. The van der Waals surface area contributed by atoms with Crippen LogP contribution in [-0.2, 0) is 11.8 Å². The number of carboxylic acid groups (broad SMARTS) is 1. The second kappa shape index (κ2) is 5.07. The molecule has 2 rings (SSSR count). The van der Waals surface area contributed by atoms with Gasteiger partial charge in [-0.2, -0.15) is 4.98 Å². The molecule has 0 amide bonds. The maximum absolute atomic E-state index is 10.5. The van der Waals surface area contributed by atoms with E-state index in [1.807, 2.05) is 5.38 Å². The number of aryl methyl sites for hydroxylation is 1. The fourth-order valence-corrected chi connectivity index (χ4v) is 2.87. The van der Waals surface area contributed by atoms with E-state index in [0.29, 0.717) is 16.0 Å². The van der Waals surface area contributed by atoms with Crippen molar-refractivity contribution in [1.82, 2.24) is 14.8 Å². The van der Waals surface area contributed by atoms with E-state index in [1.54, 1.807) is 17.8 Å². The van der Waals surface area contributed by atoms with Crippen LogP contribution < -0.4 is 0 Å². The Labute approximate surface area is 110 Å². The number of carboxylic acids is 1. The van der Waals surface area contributed by atoms with Gasteiger partial charge in [-0.1, -0.05) is 23.4 Å². The van der Waals surface area contributed by atoms with Gasteiger partial charge in [0.05, 0.1) is 15.7 Å². The Morgan fingerprint density at radius 2 is 2.47 bits per heavy atom. The molecule has 0 bridgehead atoms. The highest BCUT2D eigenvalue weighted by Crippen LogP contribution is 2.32. The molecule has 90 valence electrons. The van der Waals surface area contributed by atoms with Crippen LogP contribution in [0.2, 0.25) is 5.02 Å². The summed E-state index contributed by atoms with van der Waals surface area (Å²) in [5.41, 5.74) is 0. The first kappa shape index (κ1) is 12.4. The SMILES string of the molecule is Cn1nc(-c2sccc2Cl)nc1SCC(=O)O. The van der Waals surface area contributed by atoms with E-state index in [0.717, 1.165) is 16.6 Å². The molecule has 8 heteroatoms. The molecule has 2 aromatic rings. The quantitative estimate of drug-likeness (QED) is 0.875. The maximum atomic E-state index is 10.5. The molecule has 5 nitrogen and oxygen atoms in total. The lowest BCUT2D eigenvalue weighted by Gasteiger charge is -1.94. The van der Waals surface area contributed by atoms with Gasteiger partial charge in [0, 0.05) is 7.05 Å². The molecule has 0 fully saturated rings. The van der Waals surface area contributed by atoms with Crippen LogP contribution in [0.3, 0.4) is 0 Å². The van der Waals surface area contributed by atoms with Crippen molar-refractivity contribution >= 4 is 40.7 Å². The van der Waals surface area contributed by atoms with Gasteiger partial charge in [-0.05, 0) is 11.4 Å². The molecule has 0 saturated heterocycles. The molecule has 1 N–H and O–H groups in total. The van der Waals surface area contributed by atoms with Crippen LogP contribution in [0.15, 0.2) is 16.6 Å². The summed E-state index contributed by atoms with van der Waals surface area (Å²) >= 11 is 8.57. The third kappa shape index (κ3) is 2.80. The molecule has 0 aliphatic rings. The highest BCUT2D eigenvalue weighted by atomic mass is 35.5. The van der Waals surface area contributed by atoms with Crippen molar-refractivity contribution in [2.75, 3.05) is 5.75 Å². The van der Waals surface area contributed by atoms with Gasteiger partial charge in [0.1, 0.15) is 0 Å². The Hall–Kier alpha value is -1.05. The minimum Gasteiger partial charge on any atom is -0.481 e. The van der Waals surface area contributed by atoms with Gasteiger partial charge < -0.3 is 5.11 Å². The summed E-state index contributed by atoms with van der Waals surface area (Å²) in [5, 5.41) is 15.8. The van der Waals surface area contributed by atoms with Gasteiger partial charge in [-0.3, -0.25) is 4.79 Å². The number of carbonyl (C=O) groups is 1. The lowest BCUT2D eigenvalue weighted by Crippen LogP contribution is -2.00. The zero-order valence-electron chi connectivity index (χ0n) is 8.75. The lowest BCUT2D eigenvalue weighted by atomic mass is 10.4.